The van der Waals surface area contributed by atoms with E-state index in [-0.39, 0.29) is 11.7 Å². The Morgan fingerprint density at radius 1 is 1.50 bits per heavy atom. The first-order valence-corrected chi connectivity index (χ1v) is 4.87. The Labute approximate surface area is 92.6 Å². The van der Waals surface area contributed by atoms with E-state index >= 15 is 0 Å². The molecule has 1 atom stereocenters. The highest BCUT2D eigenvalue weighted by Gasteiger charge is 2.33. The molecule has 16 heavy (non-hydrogen) atoms. The molecule has 0 saturated heterocycles. The molecule has 0 aliphatic carbocycles. The molecular formula is C11H12FN3O. The predicted octanol–water partition coefficient (Wildman–Crippen LogP) is 1.60. The molecule has 2 rings (SSSR count). The van der Waals surface area contributed by atoms with Gasteiger partial charge in [0.25, 0.3) is 0 Å². The van der Waals surface area contributed by atoms with Gasteiger partial charge >= 0.3 is 6.03 Å². The number of benzene rings is 1. The molecule has 84 valence electrons. The lowest BCUT2D eigenvalue weighted by atomic mass is 10.0. The normalized spacial score (nSPS) is 20.2. The minimum absolute atomic E-state index is 0.136. The van der Waals surface area contributed by atoms with Gasteiger partial charge in [0.15, 0.2) is 0 Å². The van der Waals surface area contributed by atoms with Gasteiger partial charge in [0, 0.05) is 12.6 Å². The van der Waals surface area contributed by atoms with Crippen LogP contribution in [0.1, 0.15) is 17.2 Å². The number of rotatable bonds is 1. The van der Waals surface area contributed by atoms with Crippen molar-refractivity contribution in [3.05, 3.63) is 35.1 Å². The summed E-state index contributed by atoms with van der Waals surface area (Å²) in [4.78, 5) is 16.2. The van der Waals surface area contributed by atoms with Crippen LogP contribution in [0.4, 0.5) is 9.18 Å². The van der Waals surface area contributed by atoms with E-state index < -0.39 is 12.1 Å². The van der Waals surface area contributed by atoms with Crippen LogP contribution in [-0.2, 0) is 0 Å². The maximum absolute atomic E-state index is 13.6. The molecule has 2 amide bonds. The number of hydrogen-bond donors (Lipinski definition) is 1. The zero-order valence-corrected chi connectivity index (χ0v) is 9.07. The lowest BCUT2D eigenvalue weighted by Gasteiger charge is -2.20. The minimum atomic E-state index is -0.590. The molecule has 0 fully saturated rings. The summed E-state index contributed by atoms with van der Waals surface area (Å²) in [6.45, 7) is 1.85. The Balaban J connectivity index is 2.49. The van der Waals surface area contributed by atoms with Crippen LogP contribution in [0.3, 0.4) is 0 Å². The number of urea groups is 1. The quantitative estimate of drug-likeness (QED) is 0.783. The first-order valence-electron chi connectivity index (χ1n) is 4.87. The smallest absolute Gasteiger partial charge is 0.345 e. The summed E-state index contributed by atoms with van der Waals surface area (Å²) in [5, 5.41) is 0. The second kappa shape index (κ2) is 3.59. The van der Waals surface area contributed by atoms with E-state index in [0.717, 1.165) is 5.56 Å². The number of aliphatic imine (C=N–C) groups is 1. The van der Waals surface area contributed by atoms with Crippen molar-refractivity contribution in [2.75, 3.05) is 7.05 Å². The molecule has 0 saturated carbocycles. The highest BCUT2D eigenvalue weighted by atomic mass is 19.1. The van der Waals surface area contributed by atoms with Crippen molar-refractivity contribution in [2.45, 2.75) is 13.0 Å². The second-order valence-corrected chi connectivity index (χ2v) is 3.86. The van der Waals surface area contributed by atoms with Crippen LogP contribution in [0.5, 0.6) is 0 Å². The summed E-state index contributed by atoms with van der Waals surface area (Å²) < 4.78 is 13.6. The van der Waals surface area contributed by atoms with Gasteiger partial charge in [0.2, 0.25) is 0 Å². The van der Waals surface area contributed by atoms with Crippen molar-refractivity contribution in [1.29, 1.82) is 0 Å². The topological polar surface area (TPSA) is 58.7 Å². The van der Waals surface area contributed by atoms with Gasteiger partial charge in [-0.25, -0.2) is 9.18 Å². The first-order chi connectivity index (χ1) is 7.50. The molecule has 1 aromatic carbocycles. The average Bonchev–Trinajstić information content (AvgIpc) is 2.46. The van der Waals surface area contributed by atoms with Crippen LogP contribution >= 0.6 is 0 Å². The lowest BCUT2D eigenvalue weighted by molar-refractivity contribution is 0.218. The van der Waals surface area contributed by atoms with Crippen molar-refractivity contribution < 1.29 is 9.18 Å². The molecular weight excluding hydrogens is 209 g/mol. The van der Waals surface area contributed by atoms with Gasteiger partial charge in [-0.15, -0.1) is 0 Å². The standard InChI is InChI=1S/C11H12FN3O/c1-6-3-4-8(12)7(5-6)9-10(13)14-11(16)15(9)2/h3-5,9H,1-2H3,(H2,13,14,16). The first kappa shape index (κ1) is 10.6. The summed E-state index contributed by atoms with van der Waals surface area (Å²) in [6, 6.07) is 3.69. The van der Waals surface area contributed by atoms with E-state index in [2.05, 4.69) is 4.99 Å². The van der Waals surface area contributed by atoms with Gasteiger partial charge in [-0.05, 0) is 13.0 Å². The number of amides is 2. The molecule has 1 unspecified atom stereocenters. The van der Waals surface area contributed by atoms with E-state index in [0.29, 0.717) is 5.56 Å². The fourth-order valence-corrected chi connectivity index (χ4v) is 1.80. The summed E-state index contributed by atoms with van der Waals surface area (Å²) in [7, 11) is 1.55. The lowest BCUT2D eigenvalue weighted by Crippen LogP contribution is -2.30. The Morgan fingerprint density at radius 3 is 2.75 bits per heavy atom. The summed E-state index contributed by atoms with van der Waals surface area (Å²) >= 11 is 0. The van der Waals surface area contributed by atoms with Gasteiger partial charge in [0.05, 0.1) is 0 Å². The zero-order valence-electron chi connectivity index (χ0n) is 9.07. The summed E-state index contributed by atoms with van der Waals surface area (Å²) in [5.41, 5.74) is 6.93. The van der Waals surface area contributed by atoms with Gasteiger partial charge in [-0.3, -0.25) is 0 Å². The van der Waals surface area contributed by atoms with Gasteiger partial charge in [-0.1, -0.05) is 17.7 Å². The molecule has 1 aliphatic heterocycles. The van der Waals surface area contributed by atoms with Crippen LogP contribution in [0.15, 0.2) is 23.2 Å². The van der Waals surface area contributed by atoms with Gasteiger partial charge in [-0.2, -0.15) is 4.99 Å². The third-order valence-corrected chi connectivity index (χ3v) is 2.64. The third kappa shape index (κ3) is 1.54. The molecule has 2 N–H and O–H groups in total. The fraction of sp³-hybridized carbons (Fsp3) is 0.273. The van der Waals surface area contributed by atoms with Crippen LogP contribution < -0.4 is 5.73 Å². The number of likely N-dealkylation sites (N-methyl/N-ethyl adjacent to an activating group) is 1. The predicted molar refractivity (Wildman–Crippen MR) is 58.7 cm³/mol. The van der Waals surface area contributed by atoms with E-state index in [9.17, 15) is 9.18 Å². The zero-order chi connectivity index (χ0) is 11.9. The van der Waals surface area contributed by atoms with Gasteiger partial charge in [0.1, 0.15) is 17.7 Å². The van der Waals surface area contributed by atoms with E-state index in [4.69, 9.17) is 5.73 Å². The Morgan fingerprint density at radius 2 is 2.19 bits per heavy atom. The number of nitrogens with two attached hydrogens (primary N) is 1. The third-order valence-electron chi connectivity index (χ3n) is 2.64. The number of nitrogens with zero attached hydrogens (tertiary/aromatic N) is 2. The maximum atomic E-state index is 13.6. The molecule has 1 heterocycles. The molecule has 4 nitrogen and oxygen atoms in total. The number of halogens is 1. The van der Waals surface area contributed by atoms with Crippen molar-refractivity contribution in [2.24, 2.45) is 10.7 Å². The van der Waals surface area contributed by atoms with E-state index in [1.54, 1.807) is 19.2 Å². The Bertz CT molecular complexity index is 484. The largest absolute Gasteiger partial charge is 0.385 e. The minimum Gasteiger partial charge on any atom is -0.385 e. The van der Waals surface area contributed by atoms with Crippen LogP contribution in [-0.4, -0.2) is 23.8 Å². The molecule has 1 aromatic rings. The van der Waals surface area contributed by atoms with Crippen molar-refractivity contribution in [3.63, 3.8) is 0 Å². The van der Waals surface area contributed by atoms with Crippen LogP contribution in [0, 0.1) is 12.7 Å². The summed E-state index contributed by atoms with van der Waals surface area (Å²) in [5.74, 6) is -0.243. The van der Waals surface area contributed by atoms with Crippen LogP contribution in [0.25, 0.3) is 0 Å². The average molecular weight is 221 g/mol. The molecule has 0 bridgehead atoms. The molecule has 0 spiro atoms. The SMILES string of the molecule is Cc1ccc(F)c(C2C(N)=NC(=O)N2C)c1. The Kier molecular flexibility index (Phi) is 2.38. The van der Waals surface area contributed by atoms with Crippen molar-refractivity contribution in [1.82, 2.24) is 4.90 Å². The fourth-order valence-electron chi connectivity index (χ4n) is 1.80. The molecule has 0 aromatic heterocycles. The Hall–Kier alpha value is -1.91. The van der Waals surface area contributed by atoms with E-state index in [1.807, 2.05) is 6.92 Å². The van der Waals surface area contributed by atoms with Crippen LogP contribution in [0.2, 0.25) is 0 Å². The summed E-state index contributed by atoms with van der Waals surface area (Å²) in [6.07, 6.45) is 0. The number of hydrogen-bond acceptors (Lipinski definition) is 2. The van der Waals surface area contributed by atoms with Crippen molar-refractivity contribution in [3.8, 4) is 0 Å². The van der Waals surface area contributed by atoms with E-state index in [1.165, 1.54) is 11.0 Å². The number of carbonyl (C=O) groups is 1. The highest BCUT2D eigenvalue weighted by molar-refractivity contribution is 6.03. The number of amidine groups is 1. The molecule has 1 aliphatic rings. The van der Waals surface area contributed by atoms with Gasteiger partial charge < -0.3 is 10.6 Å². The number of aryl methyl sites for hydroxylation is 1. The number of carbonyl (C=O) groups excluding carboxylic acids is 1. The highest BCUT2D eigenvalue weighted by Crippen LogP contribution is 2.27. The molecule has 5 heteroatoms. The molecule has 0 radical (unpaired) electrons. The second-order valence-electron chi connectivity index (χ2n) is 3.86. The monoisotopic (exact) mass is 221 g/mol. The maximum Gasteiger partial charge on any atom is 0.345 e. The van der Waals surface area contributed by atoms with Crippen molar-refractivity contribution >= 4 is 11.9 Å².